The molecule has 6 heteroatoms. The second-order valence-corrected chi connectivity index (χ2v) is 21.7. The zero-order valence-corrected chi connectivity index (χ0v) is 48.9. The summed E-state index contributed by atoms with van der Waals surface area (Å²) < 4.78 is 16.9. The molecule has 1 unspecified atom stereocenters. The molecular weight excluding hydrogens is 901 g/mol. The van der Waals surface area contributed by atoms with Crippen LogP contribution in [0.3, 0.4) is 0 Å². The summed E-state index contributed by atoms with van der Waals surface area (Å²) in [6, 6.07) is 0. The Bertz CT molecular complexity index is 1270. The van der Waals surface area contributed by atoms with Crippen LogP contribution in [0.5, 0.6) is 0 Å². The maximum atomic E-state index is 12.9. The van der Waals surface area contributed by atoms with Gasteiger partial charge in [0.05, 0.1) is 0 Å². The van der Waals surface area contributed by atoms with Crippen molar-refractivity contribution in [2.75, 3.05) is 13.2 Å². The monoisotopic (exact) mass is 1020 g/mol. The highest BCUT2D eigenvalue weighted by molar-refractivity contribution is 5.71. The molecule has 6 nitrogen and oxygen atoms in total. The van der Waals surface area contributed by atoms with Gasteiger partial charge in [0.1, 0.15) is 13.2 Å². The Kier molecular flexibility index (Phi) is 59.7. The summed E-state index contributed by atoms with van der Waals surface area (Å²) in [6.07, 6.45) is 76.8. The lowest BCUT2D eigenvalue weighted by Gasteiger charge is -2.18. The van der Waals surface area contributed by atoms with E-state index in [2.05, 4.69) is 69.4 Å². The molecule has 0 saturated heterocycles. The van der Waals surface area contributed by atoms with Crippen LogP contribution >= 0.6 is 0 Å². The van der Waals surface area contributed by atoms with Crippen molar-refractivity contribution in [2.24, 2.45) is 0 Å². The summed E-state index contributed by atoms with van der Waals surface area (Å²) in [5.74, 6) is -0.876. The fourth-order valence-corrected chi connectivity index (χ4v) is 9.41. The van der Waals surface area contributed by atoms with E-state index >= 15 is 0 Å². The predicted molar refractivity (Wildman–Crippen MR) is 316 cm³/mol. The third-order valence-electron chi connectivity index (χ3n) is 14.3. The number of hydrogen-bond acceptors (Lipinski definition) is 6. The van der Waals surface area contributed by atoms with Gasteiger partial charge in [-0.05, 0) is 103 Å². The Morgan fingerprint density at radius 1 is 0.274 bits per heavy atom. The molecule has 0 saturated carbocycles. The molecule has 0 aromatic rings. The van der Waals surface area contributed by atoms with Crippen molar-refractivity contribution in [3.8, 4) is 0 Å². The molecule has 0 amide bonds. The lowest BCUT2D eigenvalue weighted by Crippen LogP contribution is -2.30. The number of esters is 3. The average Bonchev–Trinajstić information content (AvgIpc) is 3.39. The molecule has 0 aliphatic rings. The third kappa shape index (κ3) is 60.1. The van der Waals surface area contributed by atoms with Crippen molar-refractivity contribution in [3.63, 3.8) is 0 Å². The van der Waals surface area contributed by atoms with Gasteiger partial charge in [0.2, 0.25) is 0 Å². The fourth-order valence-electron chi connectivity index (χ4n) is 9.41. The molecule has 426 valence electrons. The number of carbonyl (C=O) groups is 3. The highest BCUT2D eigenvalue weighted by Crippen LogP contribution is 2.16. The number of hydrogen-bond donors (Lipinski definition) is 0. The van der Waals surface area contributed by atoms with Gasteiger partial charge in [0.25, 0.3) is 0 Å². The highest BCUT2D eigenvalue weighted by Gasteiger charge is 2.19. The normalized spacial score (nSPS) is 12.3. The van der Waals surface area contributed by atoms with Crippen LogP contribution in [0.4, 0.5) is 0 Å². The summed E-state index contributed by atoms with van der Waals surface area (Å²) in [5.41, 5.74) is 0. The minimum atomic E-state index is -0.781. The number of ether oxygens (including phenoxy) is 3. The Morgan fingerprint density at radius 2 is 0.493 bits per heavy atom. The van der Waals surface area contributed by atoms with Crippen LogP contribution in [0.2, 0.25) is 0 Å². The third-order valence-corrected chi connectivity index (χ3v) is 14.3. The lowest BCUT2D eigenvalue weighted by molar-refractivity contribution is -0.167. The van der Waals surface area contributed by atoms with Crippen molar-refractivity contribution < 1.29 is 28.6 Å². The first-order valence-corrected chi connectivity index (χ1v) is 32.1. The van der Waals surface area contributed by atoms with Crippen molar-refractivity contribution >= 4 is 17.9 Å². The number of carbonyl (C=O) groups excluding carboxylic acids is 3. The minimum absolute atomic E-state index is 0.0772. The summed E-state index contributed by atoms with van der Waals surface area (Å²) in [7, 11) is 0. The van der Waals surface area contributed by atoms with E-state index in [1.165, 1.54) is 225 Å². The molecule has 0 spiro atoms. The molecule has 0 N–H and O–H groups in total. The maximum absolute atomic E-state index is 12.9. The van der Waals surface area contributed by atoms with Gasteiger partial charge in [0, 0.05) is 19.3 Å². The Morgan fingerprint density at radius 3 is 0.781 bits per heavy atom. The quantitative estimate of drug-likeness (QED) is 0.0261. The largest absolute Gasteiger partial charge is 0.462 e. The smallest absolute Gasteiger partial charge is 0.306 e. The van der Waals surface area contributed by atoms with Crippen molar-refractivity contribution in [1.29, 1.82) is 0 Å². The maximum Gasteiger partial charge on any atom is 0.306 e. The highest BCUT2D eigenvalue weighted by atomic mass is 16.6. The first-order valence-electron chi connectivity index (χ1n) is 32.1. The first kappa shape index (κ1) is 70.4. The Balaban J connectivity index is 4.32. The van der Waals surface area contributed by atoms with Crippen LogP contribution in [0.1, 0.15) is 342 Å². The van der Waals surface area contributed by atoms with Gasteiger partial charge in [-0.15, -0.1) is 0 Å². The van der Waals surface area contributed by atoms with Crippen molar-refractivity contribution in [1.82, 2.24) is 0 Å². The SMILES string of the molecule is CCCCCC/C=C\C/C=C\CCCCCCCCCC(=O)OC(COC(=O)CCCCCCC/C=C\CCCCCCC)COC(=O)CCCCCCCCCCCCC/C=C\CCCCCCCCCC. The summed E-state index contributed by atoms with van der Waals surface area (Å²) >= 11 is 0. The van der Waals surface area contributed by atoms with E-state index in [0.29, 0.717) is 19.3 Å². The van der Waals surface area contributed by atoms with Crippen LogP contribution in [-0.2, 0) is 28.6 Å². The molecule has 1 atom stereocenters. The van der Waals surface area contributed by atoms with E-state index in [1.54, 1.807) is 0 Å². The molecule has 0 fully saturated rings. The van der Waals surface area contributed by atoms with Crippen LogP contribution in [0.15, 0.2) is 48.6 Å². The molecule has 0 aliphatic carbocycles. The fraction of sp³-hybridized carbons (Fsp3) is 0.836. The number of allylic oxidation sites excluding steroid dienone is 8. The molecule has 0 heterocycles. The molecule has 0 aromatic carbocycles. The van der Waals surface area contributed by atoms with Gasteiger partial charge in [0.15, 0.2) is 6.10 Å². The predicted octanol–water partition coefficient (Wildman–Crippen LogP) is 21.8. The first-order chi connectivity index (χ1) is 36.0. The number of rotatable bonds is 59. The average molecular weight is 1020 g/mol. The van der Waals surface area contributed by atoms with Crippen LogP contribution < -0.4 is 0 Å². The second kappa shape index (κ2) is 61.9. The van der Waals surface area contributed by atoms with Crippen LogP contribution in [-0.4, -0.2) is 37.2 Å². The van der Waals surface area contributed by atoms with Gasteiger partial charge in [-0.1, -0.05) is 268 Å². The molecule has 0 aliphatic heterocycles. The molecule has 0 bridgehead atoms. The molecule has 0 aromatic heterocycles. The molecule has 0 radical (unpaired) electrons. The zero-order chi connectivity index (χ0) is 52.9. The second-order valence-electron chi connectivity index (χ2n) is 21.7. The Hall–Kier alpha value is -2.63. The summed E-state index contributed by atoms with van der Waals surface area (Å²) in [5, 5.41) is 0. The lowest BCUT2D eigenvalue weighted by atomic mass is 10.0. The summed E-state index contributed by atoms with van der Waals surface area (Å²) in [6.45, 7) is 6.65. The van der Waals surface area contributed by atoms with Crippen molar-refractivity contribution in [2.45, 2.75) is 348 Å². The summed E-state index contributed by atoms with van der Waals surface area (Å²) in [4.78, 5) is 38.3. The topological polar surface area (TPSA) is 78.9 Å². The number of unbranched alkanes of at least 4 members (excludes halogenated alkanes) is 40. The Labute approximate surface area is 454 Å². The van der Waals surface area contributed by atoms with E-state index in [-0.39, 0.29) is 31.1 Å². The van der Waals surface area contributed by atoms with E-state index in [0.717, 1.165) is 77.0 Å². The standard InChI is InChI=1S/C67H122O6/c1-4-7-10-13-16-19-22-25-28-30-32-33-34-35-36-38-39-42-45-48-51-54-57-60-66(69)72-63-64(62-71-65(68)59-56-53-50-47-44-41-27-24-21-18-15-12-9-6-3)73-67(70)61-58-55-52-49-46-43-40-37-31-29-26-23-20-17-14-11-8-5-2/h20,23-24,27,29-32,64H,4-19,21-22,25-26,28,33-63H2,1-3H3/b23-20-,27-24-,31-29-,32-30-. The van der Waals surface area contributed by atoms with Gasteiger partial charge >= 0.3 is 17.9 Å². The van der Waals surface area contributed by atoms with Crippen LogP contribution in [0, 0.1) is 0 Å². The van der Waals surface area contributed by atoms with Crippen molar-refractivity contribution in [3.05, 3.63) is 48.6 Å². The van der Waals surface area contributed by atoms with Crippen LogP contribution in [0.25, 0.3) is 0 Å². The van der Waals surface area contributed by atoms with E-state index < -0.39 is 6.10 Å². The van der Waals surface area contributed by atoms with Gasteiger partial charge < -0.3 is 14.2 Å². The van der Waals surface area contributed by atoms with Gasteiger partial charge in [-0.25, -0.2) is 0 Å². The van der Waals surface area contributed by atoms with E-state index in [9.17, 15) is 14.4 Å². The van der Waals surface area contributed by atoms with Gasteiger partial charge in [-0.3, -0.25) is 14.4 Å². The molecular formula is C67H122O6. The van der Waals surface area contributed by atoms with E-state index in [4.69, 9.17) is 14.2 Å². The van der Waals surface area contributed by atoms with E-state index in [1.807, 2.05) is 0 Å². The molecule has 0 rings (SSSR count). The van der Waals surface area contributed by atoms with Gasteiger partial charge in [-0.2, -0.15) is 0 Å². The minimum Gasteiger partial charge on any atom is -0.462 e. The molecule has 73 heavy (non-hydrogen) atoms. The zero-order valence-electron chi connectivity index (χ0n) is 48.9.